The van der Waals surface area contributed by atoms with Gasteiger partial charge in [-0.3, -0.25) is 9.59 Å². The average molecular weight is 318 g/mol. The summed E-state index contributed by atoms with van der Waals surface area (Å²) in [4.78, 5) is 23.6. The summed E-state index contributed by atoms with van der Waals surface area (Å²) in [7, 11) is 0. The Bertz CT molecular complexity index is 785. The van der Waals surface area contributed by atoms with Gasteiger partial charge in [0.15, 0.2) is 40.3 Å². The highest BCUT2D eigenvalue weighted by Gasteiger charge is 2.18. The SMILES string of the molecule is CC(=O)c1cc(O)c(O)c(CC(=O)c2cc(O)c(O)c(O)c2)c1. The lowest BCUT2D eigenvalue weighted by Gasteiger charge is -2.09. The molecule has 2 aromatic carbocycles. The molecule has 0 unspecified atom stereocenters. The standard InChI is InChI=1S/C16H14O7/c1-7(17)8-2-10(15(22)12(19)3-8)6-11(18)9-4-13(20)16(23)14(21)5-9/h2-5,19-23H,6H2,1H3. The molecule has 0 aromatic heterocycles. The van der Waals surface area contributed by atoms with Crippen molar-refractivity contribution in [2.75, 3.05) is 0 Å². The van der Waals surface area contributed by atoms with Gasteiger partial charge in [0.2, 0.25) is 0 Å². The Balaban J connectivity index is 2.39. The molecule has 0 radical (unpaired) electrons. The van der Waals surface area contributed by atoms with Crippen LogP contribution < -0.4 is 0 Å². The molecule has 120 valence electrons. The van der Waals surface area contributed by atoms with Crippen LogP contribution in [0.2, 0.25) is 0 Å². The molecule has 7 nitrogen and oxygen atoms in total. The smallest absolute Gasteiger partial charge is 0.200 e. The fourth-order valence-electron chi connectivity index (χ4n) is 2.06. The van der Waals surface area contributed by atoms with Crippen LogP contribution >= 0.6 is 0 Å². The second-order valence-electron chi connectivity index (χ2n) is 5.02. The zero-order valence-corrected chi connectivity index (χ0v) is 12.1. The van der Waals surface area contributed by atoms with Gasteiger partial charge in [-0.15, -0.1) is 0 Å². The number of carbonyl (C=O) groups excluding carboxylic acids is 2. The number of Topliss-reactive ketones (excluding diaryl/α,β-unsaturated/α-hetero) is 2. The average Bonchev–Trinajstić information content (AvgIpc) is 2.48. The van der Waals surface area contributed by atoms with Crippen LogP contribution in [-0.2, 0) is 6.42 Å². The molecule has 0 saturated heterocycles. The van der Waals surface area contributed by atoms with Crippen molar-refractivity contribution in [1.82, 2.24) is 0 Å². The van der Waals surface area contributed by atoms with E-state index in [2.05, 4.69) is 0 Å². The summed E-state index contributed by atoms with van der Waals surface area (Å²) in [6, 6.07) is 4.28. The summed E-state index contributed by atoms with van der Waals surface area (Å²) < 4.78 is 0. The summed E-state index contributed by atoms with van der Waals surface area (Å²) in [5.41, 5.74) is 0.0386. The van der Waals surface area contributed by atoms with Gasteiger partial charge in [-0.05, 0) is 31.2 Å². The molecule has 0 aliphatic rings. The maximum Gasteiger partial charge on any atom is 0.200 e. The van der Waals surface area contributed by atoms with Crippen LogP contribution in [0.1, 0.15) is 33.2 Å². The normalized spacial score (nSPS) is 10.5. The summed E-state index contributed by atoms with van der Waals surface area (Å²) >= 11 is 0. The number of rotatable bonds is 4. The maximum absolute atomic E-state index is 12.2. The van der Waals surface area contributed by atoms with E-state index in [1.165, 1.54) is 13.0 Å². The van der Waals surface area contributed by atoms with Crippen LogP contribution in [-0.4, -0.2) is 37.1 Å². The molecule has 2 aromatic rings. The first-order valence-electron chi connectivity index (χ1n) is 6.54. The number of hydrogen-bond acceptors (Lipinski definition) is 7. The molecule has 0 aliphatic heterocycles. The van der Waals surface area contributed by atoms with Crippen LogP contribution in [0.15, 0.2) is 24.3 Å². The van der Waals surface area contributed by atoms with Gasteiger partial charge in [0.05, 0.1) is 0 Å². The number of phenolic OH excluding ortho intramolecular Hbond substituents is 5. The van der Waals surface area contributed by atoms with Crippen LogP contribution in [0.25, 0.3) is 0 Å². The Morgan fingerprint density at radius 2 is 1.26 bits per heavy atom. The summed E-state index contributed by atoms with van der Waals surface area (Å²) in [5, 5.41) is 47.5. The first-order chi connectivity index (χ1) is 10.7. The van der Waals surface area contributed by atoms with E-state index >= 15 is 0 Å². The third-order valence-corrected chi connectivity index (χ3v) is 3.32. The molecule has 0 amide bonds. The molecule has 5 N–H and O–H groups in total. The monoisotopic (exact) mass is 318 g/mol. The van der Waals surface area contributed by atoms with E-state index in [1.807, 2.05) is 0 Å². The molecule has 23 heavy (non-hydrogen) atoms. The summed E-state index contributed by atoms with van der Waals surface area (Å²) in [5.74, 6) is -4.11. The fraction of sp³-hybridized carbons (Fsp3) is 0.125. The van der Waals surface area contributed by atoms with Gasteiger partial charge >= 0.3 is 0 Å². The molecule has 0 heterocycles. The lowest BCUT2D eigenvalue weighted by molar-refractivity contribution is 0.0986. The molecule has 0 atom stereocenters. The van der Waals surface area contributed by atoms with Crippen LogP contribution in [0.5, 0.6) is 28.7 Å². The van der Waals surface area contributed by atoms with Gasteiger partial charge in [0.25, 0.3) is 0 Å². The number of hydrogen-bond donors (Lipinski definition) is 5. The molecular weight excluding hydrogens is 304 g/mol. The molecule has 0 fully saturated rings. The molecule has 0 saturated carbocycles. The minimum Gasteiger partial charge on any atom is -0.504 e. The van der Waals surface area contributed by atoms with Crippen molar-refractivity contribution in [3.63, 3.8) is 0 Å². The summed E-state index contributed by atoms with van der Waals surface area (Å²) in [6.45, 7) is 1.27. The minimum atomic E-state index is -0.749. The van der Waals surface area contributed by atoms with Gasteiger partial charge in [0, 0.05) is 23.1 Å². The topological polar surface area (TPSA) is 135 Å². The first-order valence-corrected chi connectivity index (χ1v) is 6.54. The largest absolute Gasteiger partial charge is 0.504 e. The van der Waals surface area contributed by atoms with Crippen molar-refractivity contribution in [3.8, 4) is 28.7 Å². The quantitative estimate of drug-likeness (QED) is 0.428. The number of carbonyl (C=O) groups is 2. The molecular formula is C16H14O7. The molecule has 2 rings (SSSR count). The highest BCUT2D eigenvalue weighted by Crippen LogP contribution is 2.36. The van der Waals surface area contributed by atoms with Crippen molar-refractivity contribution < 1.29 is 35.1 Å². The predicted octanol–water partition coefficient (Wildman–Crippen LogP) is 1.84. The number of aromatic hydroxyl groups is 5. The van der Waals surface area contributed by atoms with E-state index in [-0.39, 0.29) is 28.9 Å². The Kier molecular flexibility index (Phi) is 4.13. The van der Waals surface area contributed by atoms with Crippen molar-refractivity contribution in [2.24, 2.45) is 0 Å². The minimum absolute atomic E-state index is 0.0206. The number of ketones is 2. The second-order valence-corrected chi connectivity index (χ2v) is 5.02. The Morgan fingerprint density at radius 1 is 0.783 bits per heavy atom. The fourth-order valence-corrected chi connectivity index (χ4v) is 2.06. The number of benzene rings is 2. The van der Waals surface area contributed by atoms with E-state index in [4.69, 9.17) is 0 Å². The Morgan fingerprint density at radius 3 is 1.78 bits per heavy atom. The van der Waals surface area contributed by atoms with Crippen LogP contribution in [0.3, 0.4) is 0 Å². The van der Waals surface area contributed by atoms with Crippen molar-refractivity contribution in [2.45, 2.75) is 13.3 Å². The Labute approximate surface area is 130 Å². The lowest BCUT2D eigenvalue weighted by Crippen LogP contribution is -2.05. The lowest BCUT2D eigenvalue weighted by atomic mass is 9.98. The van der Waals surface area contributed by atoms with Gasteiger partial charge in [0.1, 0.15) is 0 Å². The van der Waals surface area contributed by atoms with Gasteiger partial charge in [-0.1, -0.05) is 0 Å². The van der Waals surface area contributed by atoms with Crippen molar-refractivity contribution >= 4 is 11.6 Å². The molecule has 0 aliphatic carbocycles. The Hall–Kier alpha value is -3.22. The maximum atomic E-state index is 12.2. The van der Waals surface area contributed by atoms with Crippen LogP contribution in [0, 0.1) is 0 Å². The third-order valence-electron chi connectivity index (χ3n) is 3.32. The highest BCUT2D eigenvalue weighted by molar-refractivity contribution is 6.00. The molecule has 0 spiro atoms. The van der Waals surface area contributed by atoms with Gasteiger partial charge in [-0.2, -0.15) is 0 Å². The number of phenols is 5. The summed E-state index contributed by atoms with van der Waals surface area (Å²) in [6.07, 6.45) is -0.385. The highest BCUT2D eigenvalue weighted by atomic mass is 16.3. The van der Waals surface area contributed by atoms with E-state index in [1.54, 1.807) is 0 Å². The van der Waals surface area contributed by atoms with Gasteiger partial charge in [-0.25, -0.2) is 0 Å². The zero-order valence-electron chi connectivity index (χ0n) is 12.1. The molecule has 7 heteroatoms. The molecule has 0 bridgehead atoms. The van der Waals surface area contributed by atoms with E-state index in [9.17, 15) is 35.1 Å². The van der Waals surface area contributed by atoms with E-state index in [0.29, 0.717) is 0 Å². The van der Waals surface area contributed by atoms with E-state index in [0.717, 1.165) is 18.2 Å². The van der Waals surface area contributed by atoms with Gasteiger partial charge < -0.3 is 25.5 Å². The zero-order chi connectivity index (χ0) is 17.3. The van der Waals surface area contributed by atoms with Crippen molar-refractivity contribution in [1.29, 1.82) is 0 Å². The third kappa shape index (κ3) is 3.18. The van der Waals surface area contributed by atoms with Crippen LogP contribution in [0.4, 0.5) is 0 Å². The van der Waals surface area contributed by atoms with Crippen molar-refractivity contribution in [3.05, 3.63) is 41.0 Å². The first kappa shape index (κ1) is 16.2. The van der Waals surface area contributed by atoms with E-state index < -0.39 is 34.5 Å². The predicted molar refractivity (Wildman–Crippen MR) is 79.2 cm³/mol. The second kappa shape index (κ2) is 5.88.